The maximum Gasteiger partial charge on any atom is 0.395 e. The number of nitrogens with two attached hydrogens (primary N) is 1. The van der Waals surface area contributed by atoms with Crippen LogP contribution in [0.4, 0.5) is 5.95 Å². The van der Waals surface area contributed by atoms with E-state index in [0.29, 0.717) is 25.4 Å². The first-order chi connectivity index (χ1) is 19.9. The highest BCUT2D eigenvalue weighted by Gasteiger charge is 2.54. The lowest BCUT2D eigenvalue weighted by Crippen LogP contribution is -2.45. The summed E-state index contributed by atoms with van der Waals surface area (Å²) in [5.74, 6) is -0.987. The molecule has 1 saturated heterocycles. The van der Waals surface area contributed by atoms with Crippen LogP contribution in [0, 0.1) is 3.83 Å². The van der Waals surface area contributed by atoms with Gasteiger partial charge in [0.05, 0.1) is 0 Å². The Morgan fingerprint density at radius 1 is 1.33 bits per heavy atom. The minimum absolute atomic E-state index is 0.0223. The van der Waals surface area contributed by atoms with E-state index in [1.165, 1.54) is 25.6 Å². The molecule has 2 unspecified atom stereocenters. The van der Waals surface area contributed by atoms with Gasteiger partial charge in [0, 0.05) is 28.0 Å². The second-order valence-electron chi connectivity index (χ2n) is 9.60. The van der Waals surface area contributed by atoms with Crippen molar-refractivity contribution in [2.75, 3.05) is 18.6 Å². The monoisotopic (exact) mass is 728 g/mol. The van der Waals surface area contributed by atoms with Gasteiger partial charge in [-0.15, -0.1) is 11.8 Å². The van der Waals surface area contributed by atoms with Crippen LogP contribution in [0.15, 0.2) is 46.2 Å². The zero-order valence-electron chi connectivity index (χ0n) is 22.4. The number of benzene rings is 2. The number of fused-ring (bicyclic) bond motifs is 2. The first-order valence-electron chi connectivity index (χ1n) is 12.5. The van der Waals surface area contributed by atoms with Gasteiger partial charge in [-0.3, -0.25) is 9.09 Å². The molecule has 42 heavy (non-hydrogen) atoms. The molecule has 4 aromatic rings. The molecule has 3 heterocycles. The number of hydrogen-bond acceptors (Lipinski definition) is 13. The van der Waals surface area contributed by atoms with Crippen molar-refractivity contribution in [3.63, 3.8) is 0 Å². The summed E-state index contributed by atoms with van der Waals surface area (Å²) in [5.41, 5.74) is 4.94. The predicted octanol–water partition coefficient (Wildman–Crippen LogP) is 2.68. The zero-order chi connectivity index (χ0) is 30.3. The number of imidazole rings is 1. The molecule has 6 atom stereocenters. The van der Waals surface area contributed by atoms with Crippen molar-refractivity contribution in [1.29, 1.82) is 0 Å². The summed E-state index contributed by atoms with van der Waals surface area (Å²) in [6, 6.07) is 9.22. The SMILES string of the molecule is CSc1nc(N)nc2c1nc(I)n2[C@@H]1O[C@H](COc2ccc3ccccc3c2O/[P+]([O-])=N/C(C)C(=O)O)[C@@H](O)[C@@]1(C)O. The van der Waals surface area contributed by atoms with E-state index in [1.54, 1.807) is 28.8 Å². The fourth-order valence-electron chi connectivity index (χ4n) is 4.54. The van der Waals surface area contributed by atoms with Crippen LogP contribution in [-0.2, 0) is 9.53 Å². The van der Waals surface area contributed by atoms with E-state index in [9.17, 15) is 19.9 Å². The highest BCUT2D eigenvalue weighted by atomic mass is 127. The van der Waals surface area contributed by atoms with E-state index in [1.807, 2.05) is 41.0 Å². The Bertz CT molecular complexity index is 1700. The summed E-state index contributed by atoms with van der Waals surface area (Å²) in [6.07, 6.45) is -1.71. The highest BCUT2D eigenvalue weighted by molar-refractivity contribution is 14.1. The van der Waals surface area contributed by atoms with Crippen molar-refractivity contribution in [2.24, 2.45) is 4.74 Å². The molecule has 1 fully saturated rings. The van der Waals surface area contributed by atoms with Gasteiger partial charge in [-0.25, -0.2) is 14.8 Å². The average molecular weight is 728 g/mol. The van der Waals surface area contributed by atoms with Gasteiger partial charge in [-0.2, -0.15) is 4.98 Å². The summed E-state index contributed by atoms with van der Waals surface area (Å²) in [6.45, 7) is 2.48. The Morgan fingerprint density at radius 2 is 2.07 bits per heavy atom. The third-order valence-corrected chi connectivity index (χ3v) is 9.01. The van der Waals surface area contributed by atoms with Gasteiger partial charge in [-0.1, -0.05) is 35.1 Å². The first kappa shape index (κ1) is 30.6. The number of rotatable bonds is 9. The third-order valence-electron chi connectivity index (χ3n) is 6.71. The number of hydrogen-bond donors (Lipinski definition) is 4. The van der Waals surface area contributed by atoms with E-state index < -0.39 is 44.2 Å². The second-order valence-corrected chi connectivity index (χ2v) is 12.2. The van der Waals surface area contributed by atoms with Crippen LogP contribution >= 0.6 is 42.5 Å². The number of nitrogen functional groups attached to an aromatic ring is 1. The Morgan fingerprint density at radius 3 is 2.79 bits per heavy atom. The molecule has 0 bridgehead atoms. The molecule has 0 saturated carbocycles. The number of ether oxygens (including phenoxy) is 2. The molecular weight excluding hydrogens is 702 g/mol. The summed E-state index contributed by atoms with van der Waals surface area (Å²) in [7, 11) is -2.76. The van der Waals surface area contributed by atoms with Crippen LogP contribution in [0.25, 0.3) is 21.9 Å². The fraction of sp³-hybridized carbons (Fsp3) is 0.360. The van der Waals surface area contributed by atoms with Gasteiger partial charge in [0.2, 0.25) is 11.7 Å². The van der Waals surface area contributed by atoms with E-state index in [4.69, 9.17) is 24.8 Å². The molecule has 1 aliphatic heterocycles. The maximum atomic E-state index is 12.6. The molecule has 0 spiro atoms. The summed E-state index contributed by atoms with van der Waals surface area (Å²) in [5, 5.41) is 33.5. The molecule has 2 aromatic carbocycles. The van der Waals surface area contributed by atoms with Gasteiger partial charge >= 0.3 is 14.1 Å². The normalized spacial score (nSPS) is 23.4. The molecule has 5 N–H and O–H groups in total. The molecule has 222 valence electrons. The largest absolute Gasteiger partial charge is 0.575 e. The van der Waals surface area contributed by atoms with Gasteiger partial charge in [0.25, 0.3) is 0 Å². The number of carboxylic acids is 1. The quantitative estimate of drug-likeness (QED) is 0.0643. The molecule has 17 heteroatoms. The number of nitrogens with zero attached hydrogens (tertiary/aromatic N) is 5. The number of halogens is 1. The molecule has 5 rings (SSSR count). The van der Waals surface area contributed by atoms with Crippen molar-refractivity contribution in [2.45, 2.75) is 49.0 Å². The van der Waals surface area contributed by atoms with Crippen molar-refractivity contribution < 1.29 is 39.0 Å². The molecule has 2 aromatic heterocycles. The van der Waals surface area contributed by atoms with Gasteiger partial charge in [-0.05, 0) is 31.6 Å². The smallest absolute Gasteiger partial charge is 0.395 e. The predicted molar refractivity (Wildman–Crippen MR) is 161 cm³/mol. The standard InChI is InChI=1S/C25H26IN6O8PS/c1-11(21(34)35)31-41(37)40-17-13-7-5-4-6-12(13)8-9-14(17)38-10-15-18(33)25(2,36)22(39-15)32-19-16(28-23(32)26)20(42-3)30-24(27)29-19/h4-9,11,15,18,22,33,36H,10H2,1-3H3,(H,34,35)(H2,27,29,30)/t11?,15-,18-,22-,25-/m1/s1. The first-order valence-corrected chi connectivity index (χ1v) is 15.9. The van der Waals surface area contributed by atoms with Crippen LogP contribution in [0.3, 0.4) is 0 Å². The topological polar surface area (TPSA) is 210 Å². The summed E-state index contributed by atoms with van der Waals surface area (Å²) in [4.78, 5) is 36.8. The average Bonchev–Trinajstić information content (AvgIpc) is 3.38. The zero-order valence-corrected chi connectivity index (χ0v) is 26.3. The molecule has 0 aliphatic carbocycles. The fourth-order valence-corrected chi connectivity index (χ4v) is 6.55. The number of aliphatic carboxylic acids is 1. The van der Waals surface area contributed by atoms with Gasteiger partial charge in [0.1, 0.15) is 35.0 Å². The lowest BCUT2D eigenvalue weighted by Gasteiger charge is -2.27. The number of anilines is 1. The van der Waals surface area contributed by atoms with Crippen LogP contribution in [0.1, 0.15) is 20.1 Å². The lowest BCUT2D eigenvalue weighted by molar-refractivity contribution is -0.169. The minimum Gasteiger partial charge on any atom is -0.575 e. The van der Waals surface area contributed by atoms with E-state index in [-0.39, 0.29) is 24.1 Å². The summed E-state index contributed by atoms with van der Waals surface area (Å²) >= 11 is 3.33. The van der Waals surface area contributed by atoms with Crippen LogP contribution in [-0.4, -0.2) is 77.5 Å². The molecule has 14 nitrogen and oxygen atoms in total. The summed E-state index contributed by atoms with van der Waals surface area (Å²) < 4.78 is 23.4. The Balaban J connectivity index is 1.45. The highest BCUT2D eigenvalue weighted by Crippen LogP contribution is 2.43. The van der Waals surface area contributed by atoms with Crippen molar-refractivity contribution >= 4 is 76.4 Å². The minimum atomic E-state index is -2.76. The Hall–Kier alpha value is -2.86. The van der Waals surface area contributed by atoms with Crippen LogP contribution in [0.5, 0.6) is 11.5 Å². The third kappa shape index (κ3) is 5.71. The number of aromatic nitrogens is 4. The molecule has 0 radical (unpaired) electrons. The van der Waals surface area contributed by atoms with E-state index in [2.05, 4.69) is 19.7 Å². The molecule has 1 aliphatic rings. The number of carboxylic acid groups (broad SMARTS) is 1. The second kappa shape index (κ2) is 12.0. The maximum absolute atomic E-state index is 12.6. The van der Waals surface area contributed by atoms with Gasteiger partial charge in [0.15, 0.2) is 27.5 Å². The molecule has 0 amide bonds. The van der Waals surface area contributed by atoms with Crippen LogP contribution in [0.2, 0.25) is 0 Å². The van der Waals surface area contributed by atoms with E-state index >= 15 is 0 Å². The molecular formula is C25H26IN6O8PS. The van der Waals surface area contributed by atoms with Crippen molar-refractivity contribution in [3.8, 4) is 11.5 Å². The Labute approximate surface area is 258 Å². The van der Waals surface area contributed by atoms with Crippen LogP contribution < -0.4 is 19.9 Å². The Kier molecular flexibility index (Phi) is 8.76. The van der Waals surface area contributed by atoms with Crippen molar-refractivity contribution in [1.82, 2.24) is 19.5 Å². The van der Waals surface area contributed by atoms with E-state index in [0.717, 1.165) is 5.39 Å². The number of aliphatic hydroxyl groups excluding tert-OH is 1. The van der Waals surface area contributed by atoms with Gasteiger partial charge < -0.3 is 35.4 Å². The number of thioether (sulfide) groups is 1. The van der Waals surface area contributed by atoms with Crippen molar-refractivity contribution in [3.05, 3.63) is 40.2 Å². The number of carbonyl (C=O) groups is 1. The lowest BCUT2D eigenvalue weighted by atomic mass is 9.96. The number of aliphatic hydroxyl groups is 2.